The minimum Gasteiger partial charge on any atom is -0.357 e. The Bertz CT molecular complexity index is 786. The van der Waals surface area contributed by atoms with Gasteiger partial charge in [-0.25, -0.2) is 13.1 Å². The van der Waals surface area contributed by atoms with E-state index in [1.165, 1.54) is 12.0 Å². The van der Waals surface area contributed by atoms with Crippen LogP contribution in [0.2, 0.25) is 0 Å². The quantitative estimate of drug-likeness (QED) is 0.232. The molecule has 3 rings (SSSR count). The van der Waals surface area contributed by atoms with Crippen molar-refractivity contribution >= 4 is 40.0 Å². The summed E-state index contributed by atoms with van der Waals surface area (Å²) in [5.41, 5.74) is 1.32. The predicted octanol–water partition coefficient (Wildman–Crippen LogP) is 2.54. The summed E-state index contributed by atoms with van der Waals surface area (Å²) < 4.78 is 27.1. The SMILES string of the molecule is CCNC(=NCCS(=O)(=O)NCC1CCC1)NC1CC(C)N(Cc2ccccc2)C1.I. The van der Waals surface area contributed by atoms with Crippen LogP contribution in [-0.4, -0.2) is 63.3 Å². The molecule has 2 fully saturated rings. The van der Waals surface area contributed by atoms with Crippen molar-refractivity contribution in [2.75, 3.05) is 31.9 Å². The zero-order chi connectivity index (χ0) is 21.4. The molecule has 0 spiro atoms. The first-order valence-electron chi connectivity index (χ1n) is 11.3. The molecule has 176 valence electrons. The molecule has 1 aromatic carbocycles. The van der Waals surface area contributed by atoms with E-state index in [-0.39, 0.29) is 36.3 Å². The van der Waals surface area contributed by atoms with E-state index in [0.717, 1.165) is 38.9 Å². The topological polar surface area (TPSA) is 85.8 Å². The van der Waals surface area contributed by atoms with E-state index >= 15 is 0 Å². The Morgan fingerprint density at radius 3 is 2.61 bits per heavy atom. The summed E-state index contributed by atoms with van der Waals surface area (Å²) in [5.74, 6) is 1.24. The van der Waals surface area contributed by atoms with Gasteiger partial charge in [-0.1, -0.05) is 36.8 Å². The van der Waals surface area contributed by atoms with Gasteiger partial charge < -0.3 is 10.6 Å². The summed E-state index contributed by atoms with van der Waals surface area (Å²) in [5, 5.41) is 6.75. The first kappa shape index (κ1) is 26.3. The molecule has 1 heterocycles. The van der Waals surface area contributed by atoms with E-state index in [1.54, 1.807) is 0 Å². The summed E-state index contributed by atoms with van der Waals surface area (Å²) in [4.78, 5) is 6.99. The highest BCUT2D eigenvalue weighted by Crippen LogP contribution is 2.25. The summed E-state index contributed by atoms with van der Waals surface area (Å²) in [6.45, 7) is 7.74. The predicted molar refractivity (Wildman–Crippen MR) is 138 cm³/mol. The van der Waals surface area contributed by atoms with Gasteiger partial charge in [-0.3, -0.25) is 9.89 Å². The molecule has 0 aromatic heterocycles. The van der Waals surface area contributed by atoms with Crippen LogP contribution in [0.3, 0.4) is 0 Å². The van der Waals surface area contributed by atoms with Crippen molar-refractivity contribution in [1.82, 2.24) is 20.3 Å². The standard InChI is InChI=1S/C22H37N5O2S.HI/c1-3-23-22(24-12-13-30(28,29)25-15-19-10-7-11-19)26-21-14-18(2)27(17-21)16-20-8-5-4-6-9-20;/h4-6,8-9,18-19,21,25H,3,7,10-17H2,1-2H3,(H2,23,24,26);1H. The third kappa shape index (κ3) is 8.86. The average molecular weight is 564 g/mol. The minimum atomic E-state index is -3.26. The van der Waals surface area contributed by atoms with Crippen molar-refractivity contribution in [3.8, 4) is 0 Å². The van der Waals surface area contributed by atoms with Crippen molar-refractivity contribution in [3.63, 3.8) is 0 Å². The van der Waals surface area contributed by atoms with E-state index in [9.17, 15) is 8.42 Å². The van der Waals surface area contributed by atoms with Gasteiger partial charge >= 0.3 is 0 Å². The number of likely N-dealkylation sites (tertiary alicyclic amines) is 1. The number of hydrogen-bond acceptors (Lipinski definition) is 4. The second-order valence-corrected chi connectivity index (χ2v) is 10.5. The Morgan fingerprint density at radius 1 is 1.23 bits per heavy atom. The molecule has 7 nitrogen and oxygen atoms in total. The fraction of sp³-hybridized carbons (Fsp3) is 0.682. The molecule has 1 aliphatic heterocycles. The normalized spacial score (nSPS) is 22.6. The number of nitrogens with one attached hydrogen (secondary N) is 3. The van der Waals surface area contributed by atoms with Gasteiger partial charge in [-0.15, -0.1) is 24.0 Å². The molecule has 2 unspecified atom stereocenters. The maximum Gasteiger partial charge on any atom is 0.213 e. The van der Waals surface area contributed by atoms with Gasteiger partial charge in [0.05, 0.1) is 12.3 Å². The van der Waals surface area contributed by atoms with Gasteiger partial charge in [-0.05, 0) is 44.6 Å². The Balaban J connectivity index is 0.00000341. The zero-order valence-corrected chi connectivity index (χ0v) is 21.9. The number of hydrogen-bond donors (Lipinski definition) is 3. The summed E-state index contributed by atoms with van der Waals surface area (Å²) in [6, 6.07) is 11.3. The lowest BCUT2D eigenvalue weighted by molar-refractivity contribution is 0.258. The number of guanidine groups is 1. The number of nitrogens with zero attached hydrogens (tertiary/aromatic N) is 2. The molecular formula is C22H38IN5O2S. The van der Waals surface area contributed by atoms with Crippen LogP contribution in [-0.2, 0) is 16.6 Å². The maximum absolute atomic E-state index is 12.2. The molecule has 3 N–H and O–H groups in total. The summed E-state index contributed by atoms with van der Waals surface area (Å²) in [7, 11) is -3.26. The van der Waals surface area contributed by atoms with Crippen LogP contribution in [0.4, 0.5) is 0 Å². The summed E-state index contributed by atoms with van der Waals surface area (Å²) in [6.07, 6.45) is 4.53. The monoisotopic (exact) mass is 563 g/mol. The maximum atomic E-state index is 12.2. The molecule has 1 aliphatic carbocycles. The molecule has 1 aromatic rings. The second kappa shape index (κ2) is 13.0. The number of aliphatic imine (C=N–C) groups is 1. The number of rotatable bonds is 10. The van der Waals surface area contributed by atoms with Crippen molar-refractivity contribution in [3.05, 3.63) is 35.9 Å². The van der Waals surface area contributed by atoms with Crippen LogP contribution in [0.5, 0.6) is 0 Å². The van der Waals surface area contributed by atoms with Crippen molar-refractivity contribution in [2.24, 2.45) is 10.9 Å². The molecule has 0 amide bonds. The van der Waals surface area contributed by atoms with Crippen LogP contribution in [0, 0.1) is 5.92 Å². The fourth-order valence-electron chi connectivity index (χ4n) is 4.05. The molecule has 2 aliphatic rings. The number of sulfonamides is 1. The Kier molecular flexibility index (Phi) is 11.0. The van der Waals surface area contributed by atoms with Crippen molar-refractivity contribution < 1.29 is 8.42 Å². The lowest BCUT2D eigenvalue weighted by atomic mass is 9.86. The lowest BCUT2D eigenvalue weighted by Crippen LogP contribution is -2.45. The molecule has 9 heteroatoms. The van der Waals surface area contributed by atoms with E-state index < -0.39 is 10.0 Å². The lowest BCUT2D eigenvalue weighted by Gasteiger charge is -2.25. The average Bonchev–Trinajstić information content (AvgIpc) is 3.00. The smallest absolute Gasteiger partial charge is 0.213 e. The van der Waals surface area contributed by atoms with Gasteiger partial charge in [-0.2, -0.15) is 0 Å². The van der Waals surface area contributed by atoms with Crippen LogP contribution in [0.15, 0.2) is 35.3 Å². The first-order chi connectivity index (χ1) is 14.4. The highest BCUT2D eigenvalue weighted by atomic mass is 127. The Hall–Kier alpha value is -0.910. The molecule has 1 saturated carbocycles. The van der Waals surface area contributed by atoms with Crippen LogP contribution >= 0.6 is 24.0 Å². The Labute approximate surface area is 204 Å². The van der Waals surface area contributed by atoms with E-state index in [2.05, 4.69) is 56.4 Å². The molecule has 0 bridgehead atoms. The highest BCUT2D eigenvalue weighted by molar-refractivity contribution is 14.0. The second-order valence-electron chi connectivity index (χ2n) is 8.57. The third-order valence-corrected chi connectivity index (χ3v) is 7.39. The van der Waals surface area contributed by atoms with Gasteiger partial charge in [0.2, 0.25) is 10.0 Å². The third-order valence-electron chi connectivity index (χ3n) is 6.06. The molecule has 2 atom stereocenters. The molecule has 31 heavy (non-hydrogen) atoms. The molecule has 1 saturated heterocycles. The number of benzene rings is 1. The van der Waals surface area contributed by atoms with Crippen LogP contribution in [0.1, 0.15) is 45.1 Å². The fourth-order valence-corrected chi connectivity index (χ4v) is 5.01. The summed E-state index contributed by atoms with van der Waals surface area (Å²) >= 11 is 0. The van der Waals surface area contributed by atoms with E-state index in [0.29, 0.717) is 30.5 Å². The van der Waals surface area contributed by atoms with Gasteiger partial charge in [0.1, 0.15) is 0 Å². The van der Waals surface area contributed by atoms with E-state index in [4.69, 9.17) is 0 Å². The molecular weight excluding hydrogens is 525 g/mol. The Morgan fingerprint density at radius 2 is 1.97 bits per heavy atom. The largest absolute Gasteiger partial charge is 0.357 e. The van der Waals surface area contributed by atoms with Crippen molar-refractivity contribution in [1.29, 1.82) is 0 Å². The zero-order valence-electron chi connectivity index (χ0n) is 18.7. The van der Waals surface area contributed by atoms with Gasteiger partial charge in [0.25, 0.3) is 0 Å². The van der Waals surface area contributed by atoms with E-state index in [1.807, 2.05) is 13.0 Å². The highest BCUT2D eigenvalue weighted by Gasteiger charge is 2.29. The minimum absolute atomic E-state index is 0. The van der Waals surface area contributed by atoms with Gasteiger partial charge in [0, 0.05) is 38.3 Å². The number of halogens is 1. The van der Waals surface area contributed by atoms with Crippen molar-refractivity contribution in [2.45, 2.75) is 58.2 Å². The van der Waals surface area contributed by atoms with Gasteiger partial charge in [0.15, 0.2) is 5.96 Å². The molecule has 0 radical (unpaired) electrons. The van der Waals surface area contributed by atoms with Crippen LogP contribution in [0.25, 0.3) is 0 Å². The first-order valence-corrected chi connectivity index (χ1v) is 12.9. The van der Waals surface area contributed by atoms with Crippen LogP contribution < -0.4 is 15.4 Å².